The van der Waals surface area contributed by atoms with Crippen LogP contribution >= 0.6 is 0 Å². The molecule has 0 radical (unpaired) electrons. The molecule has 0 aliphatic heterocycles. The first-order valence-electron chi connectivity index (χ1n) is 7.18. The molecule has 29 heavy (non-hydrogen) atoms. The van der Waals surface area contributed by atoms with Gasteiger partial charge in [0.2, 0.25) is 0 Å². The van der Waals surface area contributed by atoms with Crippen molar-refractivity contribution in [2.45, 2.75) is 11.0 Å². The second-order valence-corrected chi connectivity index (χ2v) is 8.54. The molecular weight excluding hydrogens is 454 g/mol. The van der Waals surface area contributed by atoms with Crippen LogP contribution in [0.2, 0.25) is 0 Å². The molecule has 0 saturated heterocycles. The van der Waals surface area contributed by atoms with Gasteiger partial charge in [-0.25, -0.2) is 0 Å². The molecule has 0 unspecified atom stereocenters. The Bertz CT molecular complexity index is 1010. The number of alkyl halides is 6. The highest BCUT2D eigenvalue weighted by Gasteiger charge is 2.47. The average Bonchev–Trinajstić information content (AvgIpc) is 2.56. The summed E-state index contributed by atoms with van der Waals surface area (Å²) in [7, 11) is -11.6. The Morgan fingerprint density at radius 3 is 1.24 bits per heavy atom. The van der Waals surface area contributed by atoms with Crippen molar-refractivity contribution in [1.29, 1.82) is 0 Å². The van der Waals surface area contributed by atoms with Crippen molar-refractivity contribution in [3.8, 4) is 11.5 Å². The third-order valence-electron chi connectivity index (χ3n) is 3.09. The molecule has 0 aromatic heterocycles. The predicted molar refractivity (Wildman–Crippen MR) is 90.2 cm³/mol. The third kappa shape index (κ3) is 5.23. The van der Waals surface area contributed by atoms with Crippen LogP contribution in [0.5, 0.6) is 11.5 Å². The standard InChI is InChI=1S/C14H10F6N2O5S2/c15-13(16,17)28(23,24)21-9-5-1-3-7-11(9)27-12-8-4-2-6-10(12)22-29(25,26)14(18,19)20/h1-8,21-22H. The highest BCUT2D eigenvalue weighted by atomic mass is 32.2. The van der Waals surface area contributed by atoms with E-state index in [1.807, 2.05) is 0 Å². The lowest BCUT2D eigenvalue weighted by atomic mass is 10.3. The summed E-state index contributed by atoms with van der Waals surface area (Å²) in [6.07, 6.45) is 0. The van der Waals surface area contributed by atoms with Gasteiger partial charge in [0.25, 0.3) is 0 Å². The predicted octanol–water partition coefficient (Wildman–Crippen LogP) is 4.00. The van der Waals surface area contributed by atoms with E-state index in [0.29, 0.717) is 0 Å². The number of hydrogen-bond acceptors (Lipinski definition) is 5. The minimum absolute atomic E-state index is 0.529. The number of benzene rings is 2. The summed E-state index contributed by atoms with van der Waals surface area (Å²) in [6.45, 7) is 0. The zero-order valence-corrected chi connectivity index (χ0v) is 15.4. The van der Waals surface area contributed by atoms with Crippen LogP contribution < -0.4 is 14.2 Å². The minimum Gasteiger partial charge on any atom is -0.453 e. The number of hydrogen-bond donors (Lipinski definition) is 2. The lowest BCUT2D eigenvalue weighted by Crippen LogP contribution is -2.30. The maximum atomic E-state index is 12.6. The van der Waals surface area contributed by atoms with E-state index in [0.717, 1.165) is 24.3 Å². The van der Waals surface area contributed by atoms with Gasteiger partial charge in [-0.3, -0.25) is 9.44 Å². The van der Waals surface area contributed by atoms with Crippen LogP contribution in [0.15, 0.2) is 48.5 Å². The van der Waals surface area contributed by atoms with Gasteiger partial charge in [0.15, 0.2) is 11.5 Å². The molecular formula is C14H10F6N2O5S2. The zero-order chi connectivity index (χ0) is 22.1. The van der Waals surface area contributed by atoms with Crippen molar-refractivity contribution in [3.05, 3.63) is 48.5 Å². The number of anilines is 2. The van der Waals surface area contributed by atoms with E-state index < -0.39 is 53.9 Å². The highest BCUT2D eigenvalue weighted by molar-refractivity contribution is 7.93. The van der Waals surface area contributed by atoms with Crippen LogP contribution in [-0.4, -0.2) is 27.9 Å². The van der Waals surface area contributed by atoms with Gasteiger partial charge >= 0.3 is 31.1 Å². The molecule has 0 amide bonds. The molecule has 0 atom stereocenters. The van der Waals surface area contributed by atoms with E-state index >= 15 is 0 Å². The van der Waals surface area contributed by atoms with Crippen molar-refractivity contribution in [2.75, 3.05) is 9.44 Å². The molecule has 7 nitrogen and oxygen atoms in total. The largest absolute Gasteiger partial charge is 0.516 e. The normalized spacial score (nSPS) is 13.0. The molecule has 0 aliphatic rings. The summed E-state index contributed by atoms with van der Waals surface area (Å²) in [5, 5.41) is 0. The van der Waals surface area contributed by atoms with Crippen LogP contribution in [0.4, 0.5) is 37.7 Å². The molecule has 2 N–H and O–H groups in total. The Balaban J connectivity index is 2.40. The van der Waals surface area contributed by atoms with Crippen LogP contribution in [0.3, 0.4) is 0 Å². The lowest BCUT2D eigenvalue weighted by Gasteiger charge is -2.17. The van der Waals surface area contributed by atoms with Crippen molar-refractivity contribution < 1.29 is 47.9 Å². The van der Waals surface area contributed by atoms with Gasteiger partial charge in [0, 0.05) is 0 Å². The fourth-order valence-electron chi connectivity index (χ4n) is 1.80. The van der Waals surface area contributed by atoms with E-state index in [9.17, 15) is 43.2 Å². The lowest BCUT2D eigenvalue weighted by molar-refractivity contribution is -0.0435. The fraction of sp³-hybridized carbons (Fsp3) is 0.143. The fourth-order valence-corrected chi connectivity index (χ4v) is 2.95. The Morgan fingerprint density at radius 2 is 0.931 bits per heavy atom. The molecule has 0 fully saturated rings. The van der Waals surface area contributed by atoms with Gasteiger partial charge in [-0.1, -0.05) is 24.3 Å². The summed E-state index contributed by atoms with van der Waals surface area (Å²) < 4.78 is 128. The maximum absolute atomic E-state index is 12.6. The molecule has 2 aromatic carbocycles. The zero-order valence-electron chi connectivity index (χ0n) is 13.7. The number of rotatable bonds is 6. The molecule has 0 bridgehead atoms. The van der Waals surface area contributed by atoms with Crippen molar-refractivity contribution in [2.24, 2.45) is 0 Å². The molecule has 0 heterocycles. The molecule has 0 aliphatic carbocycles. The van der Waals surface area contributed by atoms with Crippen LogP contribution in [-0.2, 0) is 20.0 Å². The summed E-state index contributed by atoms with van der Waals surface area (Å²) in [5.41, 5.74) is -12.6. The summed E-state index contributed by atoms with van der Waals surface area (Å²) in [5.74, 6) is -1.06. The summed E-state index contributed by atoms with van der Waals surface area (Å²) >= 11 is 0. The second-order valence-electron chi connectivity index (χ2n) is 5.20. The summed E-state index contributed by atoms with van der Waals surface area (Å²) in [6, 6.07) is 8.65. The number of para-hydroxylation sites is 4. The Morgan fingerprint density at radius 1 is 0.621 bits per heavy atom. The monoisotopic (exact) mass is 464 g/mol. The molecule has 0 spiro atoms. The second kappa shape index (κ2) is 7.62. The number of sulfonamides is 2. The topological polar surface area (TPSA) is 102 Å². The van der Waals surface area contributed by atoms with Crippen molar-refractivity contribution in [1.82, 2.24) is 0 Å². The quantitative estimate of drug-likeness (QED) is 0.630. The van der Waals surface area contributed by atoms with E-state index in [2.05, 4.69) is 0 Å². The Labute approximate surface area is 160 Å². The maximum Gasteiger partial charge on any atom is 0.516 e. The summed E-state index contributed by atoms with van der Waals surface area (Å²) in [4.78, 5) is 0. The molecule has 0 saturated carbocycles. The Kier molecular flexibility index (Phi) is 5.94. The minimum atomic E-state index is -5.81. The third-order valence-corrected chi connectivity index (χ3v) is 5.29. The number of halogens is 6. The molecule has 2 rings (SSSR count). The Hall–Kier alpha value is -2.68. The van der Waals surface area contributed by atoms with E-state index in [-0.39, 0.29) is 0 Å². The van der Waals surface area contributed by atoms with Crippen molar-refractivity contribution >= 4 is 31.4 Å². The van der Waals surface area contributed by atoms with Crippen LogP contribution in [0.1, 0.15) is 0 Å². The van der Waals surface area contributed by atoms with Gasteiger partial charge in [0.1, 0.15) is 0 Å². The van der Waals surface area contributed by atoms with Crippen LogP contribution in [0.25, 0.3) is 0 Å². The van der Waals surface area contributed by atoms with Crippen molar-refractivity contribution in [3.63, 3.8) is 0 Å². The molecule has 160 valence electrons. The van der Waals surface area contributed by atoms with Gasteiger partial charge in [0.05, 0.1) is 11.4 Å². The molecule has 15 heteroatoms. The first kappa shape index (κ1) is 22.6. The van der Waals surface area contributed by atoms with Gasteiger partial charge in [-0.15, -0.1) is 0 Å². The van der Waals surface area contributed by atoms with Gasteiger partial charge < -0.3 is 4.74 Å². The average molecular weight is 464 g/mol. The smallest absolute Gasteiger partial charge is 0.453 e. The van der Waals surface area contributed by atoms with Crippen LogP contribution in [0, 0.1) is 0 Å². The van der Waals surface area contributed by atoms with E-state index in [1.165, 1.54) is 33.7 Å². The number of ether oxygens (including phenoxy) is 1. The van der Waals surface area contributed by atoms with Gasteiger partial charge in [-0.2, -0.15) is 43.2 Å². The van der Waals surface area contributed by atoms with E-state index in [4.69, 9.17) is 4.74 Å². The molecule has 2 aromatic rings. The first-order chi connectivity index (χ1) is 13.1. The van der Waals surface area contributed by atoms with E-state index in [1.54, 1.807) is 0 Å². The first-order valence-corrected chi connectivity index (χ1v) is 10.1. The van der Waals surface area contributed by atoms with Gasteiger partial charge in [-0.05, 0) is 24.3 Å². The number of nitrogens with one attached hydrogen (secondary N) is 2. The highest BCUT2D eigenvalue weighted by Crippen LogP contribution is 2.37. The SMILES string of the molecule is O=S(=O)(Nc1ccccc1Oc1ccccc1NS(=O)(=O)C(F)(F)F)C(F)(F)F.